The Morgan fingerprint density at radius 2 is 2.09 bits per heavy atom. The Morgan fingerprint density at radius 1 is 1.45 bits per heavy atom. The van der Waals surface area contributed by atoms with E-state index in [1.54, 1.807) is 6.92 Å². The van der Waals surface area contributed by atoms with E-state index < -0.39 is 0 Å². The molecule has 0 atom stereocenters. The van der Waals surface area contributed by atoms with Gasteiger partial charge in [0.25, 0.3) is 0 Å². The maximum absolute atomic E-state index is 10.6. The number of rotatable bonds is 3. The Bertz CT molecular complexity index is 130. The molecule has 1 heterocycles. The predicted molar refractivity (Wildman–Crippen MR) is 43.6 cm³/mol. The first kappa shape index (κ1) is 8.68. The van der Waals surface area contributed by atoms with E-state index in [4.69, 9.17) is 0 Å². The van der Waals surface area contributed by atoms with Gasteiger partial charge in [-0.3, -0.25) is 4.79 Å². The van der Waals surface area contributed by atoms with Crippen LogP contribution in [0.15, 0.2) is 0 Å². The molecule has 0 aromatic rings. The molecular weight excluding hydrogens is 140 g/mol. The lowest BCUT2D eigenvalue weighted by Gasteiger charge is -2.25. The van der Waals surface area contributed by atoms with Crippen molar-refractivity contribution in [3.63, 3.8) is 0 Å². The number of piperazine rings is 1. The van der Waals surface area contributed by atoms with Gasteiger partial charge in [-0.05, 0) is 6.92 Å². The van der Waals surface area contributed by atoms with Crippen molar-refractivity contribution in [2.45, 2.75) is 13.3 Å². The maximum atomic E-state index is 10.6. The summed E-state index contributed by atoms with van der Waals surface area (Å²) in [6.45, 7) is 6.52. The van der Waals surface area contributed by atoms with Crippen molar-refractivity contribution in [3.05, 3.63) is 0 Å². The maximum Gasteiger partial charge on any atom is 0.131 e. The van der Waals surface area contributed by atoms with E-state index in [2.05, 4.69) is 10.2 Å². The smallest absolute Gasteiger partial charge is 0.131 e. The molecule has 63 valence electrons. The fraction of sp³-hybridized carbons (Fsp3) is 0.875. The van der Waals surface area contributed by atoms with E-state index in [9.17, 15) is 4.79 Å². The zero-order valence-corrected chi connectivity index (χ0v) is 7.05. The van der Waals surface area contributed by atoms with Crippen LogP contribution < -0.4 is 5.32 Å². The highest BCUT2D eigenvalue weighted by Gasteiger charge is 2.09. The lowest BCUT2D eigenvalue weighted by atomic mass is 10.2. The Hall–Kier alpha value is -0.410. The monoisotopic (exact) mass is 155 g/mol. The quantitative estimate of drug-likeness (QED) is 0.569. The van der Waals surface area contributed by atoms with Gasteiger partial charge in [0, 0.05) is 39.1 Å². The number of ketones is 1. The Balaban J connectivity index is 2.09. The van der Waals surface area contributed by atoms with E-state index >= 15 is 0 Å². The minimum absolute atomic E-state index is 0.285. The van der Waals surface area contributed by atoms with Crippen molar-refractivity contribution < 1.29 is 4.79 Å². The van der Waals surface area contributed by atoms with Crippen LogP contribution >= 0.6 is 0 Å². The zero-order valence-electron chi connectivity index (χ0n) is 7.05. The van der Waals surface area contributed by atoms with Crippen LogP contribution in [0.4, 0.5) is 0 Å². The molecule has 1 radical (unpaired) electrons. The summed E-state index contributed by atoms with van der Waals surface area (Å²) in [7, 11) is 0. The van der Waals surface area contributed by atoms with Crippen LogP contribution in [-0.2, 0) is 4.79 Å². The van der Waals surface area contributed by atoms with Crippen LogP contribution in [0.2, 0.25) is 0 Å². The van der Waals surface area contributed by atoms with E-state index in [0.717, 1.165) is 32.7 Å². The molecule has 0 aromatic heterocycles. The van der Waals surface area contributed by atoms with Crippen molar-refractivity contribution in [1.82, 2.24) is 10.2 Å². The van der Waals surface area contributed by atoms with Gasteiger partial charge >= 0.3 is 0 Å². The standard InChI is InChI=1S/C8H15N2O/c1-8(11)2-5-10-6-3-9-4-7-10/h2-7H2,1H3. The third-order valence-corrected chi connectivity index (χ3v) is 1.93. The first-order chi connectivity index (χ1) is 5.29. The van der Waals surface area contributed by atoms with Crippen LogP contribution in [0.25, 0.3) is 0 Å². The van der Waals surface area contributed by atoms with Gasteiger partial charge in [0.15, 0.2) is 0 Å². The topological polar surface area (TPSA) is 34.4 Å². The van der Waals surface area contributed by atoms with Crippen molar-refractivity contribution in [1.29, 1.82) is 0 Å². The SMILES string of the molecule is CC(=O)CCN1CC[N]CC1. The fourth-order valence-electron chi connectivity index (χ4n) is 1.19. The molecule has 0 bridgehead atoms. The second-order valence-corrected chi connectivity index (χ2v) is 2.96. The van der Waals surface area contributed by atoms with E-state index in [1.165, 1.54) is 0 Å². The van der Waals surface area contributed by atoms with Gasteiger partial charge in [-0.2, -0.15) is 0 Å². The zero-order chi connectivity index (χ0) is 8.10. The summed E-state index contributed by atoms with van der Waals surface area (Å²) in [4.78, 5) is 12.9. The van der Waals surface area contributed by atoms with Gasteiger partial charge in [-0.25, -0.2) is 5.32 Å². The summed E-state index contributed by atoms with van der Waals surface area (Å²) in [5.74, 6) is 0.285. The highest BCUT2D eigenvalue weighted by atomic mass is 16.1. The molecule has 0 unspecified atom stereocenters. The second-order valence-electron chi connectivity index (χ2n) is 2.96. The van der Waals surface area contributed by atoms with Crippen LogP contribution in [0, 0.1) is 0 Å². The van der Waals surface area contributed by atoms with E-state index in [0.29, 0.717) is 6.42 Å². The lowest BCUT2D eigenvalue weighted by molar-refractivity contribution is -0.117. The number of hydrogen-bond donors (Lipinski definition) is 0. The summed E-state index contributed by atoms with van der Waals surface area (Å²) in [6, 6.07) is 0. The van der Waals surface area contributed by atoms with Crippen molar-refractivity contribution in [2.75, 3.05) is 32.7 Å². The van der Waals surface area contributed by atoms with Gasteiger partial charge in [0.05, 0.1) is 0 Å². The van der Waals surface area contributed by atoms with Crippen molar-refractivity contribution in [3.8, 4) is 0 Å². The van der Waals surface area contributed by atoms with Crippen LogP contribution in [-0.4, -0.2) is 43.4 Å². The minimum Gasteiger partial charge on any atom is -0.300 e. The minimum atomic E-state index is 0.285. The second kappa shape index (κ2) is 4.46. The average molecular weight is 155 g/mol. The molecule has 0 aliphatic carbocycles. The lowest BCUT2D eigenvalue weighted by Crippen LogP contribution is -2.40. The van der Waals surface area contributed by atoms with Crippen LogP contribution in [0.1, 0.15) is 13.3 Å². The Kier molecular flexibility index (Phi) is 3.52. The molecule has 1 aliphatic heterocycles. The molecule has 0 amide bonds. The summed E-state index contributed by atoms with van der Waals surface area (Å²) in [5.41, 5.74) is 0. The van der Waals surface area contributed by atoms with Gasteiger partial charge in [0.1, 0.15) is 5.78 Å². The third kappa shape index (κ3) is 3.49. The van der Waals surface area contributed by atoms with E-state index in [1.807, 2.05) is 0 Å². The van der Waals surface area contributed by atoms with Gasteiger partial charge in [-0.1, -0.05) is 0 Å². The van der Waals surface area contributed by atoms with Gasteiger partial charge in [0.2, 0.25) is 0 Å². The molecule has 0 N–H and O–H groups in total. The summed E-state index contributed by atoms with van der Waals surface area (Å²) in [5, 5.41) is 4.23. The van der Waals surface area contributed by atoms with Crippen molar-refractivity contribution in [2.24, 2.45) is 0 Å². The van der Waals surface area contributed by atoms with Gasteiger partial charge in [-0.15, -0.1) is 0 Å². The first-order valence-electron chi connectivity index (χ1n) is 4.14. The van der Waals surface area contributed by atoms with Crippen LogP contribution in [0.3, 0.4) is 0 Å². The van der Waals surface area contributed by atoms with Crippen LogP contribution in [0.5, 0.6) is 0 Å². The third-order valence-electron chi connectivity index (χ3n) is 1.93. The number of nitrogens with zero attached hydrogens (tertiary/aromatic N) is 2. The predicted octanol–water partition coefficient (Wildman–Crippen LogP) is -0.114. The molecule has 1 aliphatic rings. The molecule has 1 fully saturated rings. The fourth-order valence-corrected chi connectivity index (χ4v) is 1.19. The summed E-state index contributed by atoms with van der Waals surface area (Å²) < 4.78 is 0. The molecular formula is C8H15N2O. The molecule has 1 saturated heterocycles. The number of carbonyl (C=O) groups is 1. The normalized spacial score (nSPS) is 20.1. The molecule has 3 nitrogen and oxygen atoms in total. The van der Waals surface area contributed by atoms with Gasteiger partial charge < -0.3 is 4.90 Å². The molecule has 0 saturated carbocycles. The Labute approximate surface area is 67.8 Å². The highest BCUT2D eigenvalue weighted by molar-refractivity contribution is 5.75. The first-order valence-corrected chi connectivity index (χ1v) is 4.14. The Morgan fingerprint density at radius 3 is 2.64 bits per heavy atom. The number of Topliss-reactive ketones (excluding diaryl/α,β-unsaturated/α-hetero) is 1. The molecule has 1 rings (SSSR count). The summed E-state index contributed by atoms with van der Waals surface area (Å²) >= 11 is 0. The number of carbonyl (C=O) groups excluding carboxylic acids is 1. The molecule has 11 heavy (non-hydrogen) atoms. The van der Waals surface area contributed by atoms with Crippen molar-refractivity contribution >= 4 is 5.78 Å². The molecule has 0 aromatic carbocycles. The number of hydrogen-bond acceptors (Lipinski definition) is 2. The summed E-state index contributed by atoms with van der Waals surface area (Å²) in [6.07, 6.45) is 0.694. The molecule has 3 heteroatoms. The largest absolute Gasteiger partial charge is 0.300 e. The molecule has 0 spiro atoms. The van der Waals surface area contributed by atoms with E-state index in [-0.39, 0.29) is 5.78 Å². The average Bonchev–Trinajstić information content (AvgIpc) is 2.03. The highest BCUT2D eigenvalue weighted by Crippen LogP contribution is 1.95.